The third kappa shape index (κ3) is 4.82. The molecule has 1 unspecified atom stereocenters. The summed E-state index contributed by atoms with van der Waals surface area (Å²) in [4.78, 5) is 22.0. The second-order valence-electron chi connectivity index (χ2n) is 7.03. The number of thiazole rings is 1. The van der Waals surface area contributed by atoms with E-state index < -0.39 is 0 Å². The number of ether oxygens (including phenoxy) is 1. The Morgan fingerprint density at radius 3 is 2.50 bits per heavy atom. The summed E-state index contributed by atoms with van der Waals surface area (Å²) in [5, 5.41) is 3.16. The smallest absolute Gasteiger partial charge is 0.230 e. The zero-order valence-corrected chi connectivity index (χ0v) is 17.5. The van der Waals surface area contributed by atoms with Crippen molar-refractivity contribution in [2.75, 3.05) is 39.3 Å². The maximum Gasteiger partial charge on any atom is 0.230 e. The van der Waals surface area contributed by atoms with Crippen molar-refractivity contribution in [3.8, 4) is 0 Å². The molecule has 1 atom stereocenters. The van der Waals surface area contributed by atoms with Gasteiger partial charge in [-0.25, -0.2) is 4.98 Å². The van der Waals surface area contributed by atoms with E-state index in [0.717, 1.165) is 56.3 Å². The van der Waals surface area contributed by atoms with Gasteiger partial charge < -0.3 is 15.4 Å². The Hall–Kier alpha value is -1.02. The maximum atomic E-state index is 12.9. The number of piperazine rings is 1. The van der Waals surface area contributed by atoms with Crippen LogP contribution in [0.4, 0.5) is 0 Å². The minimum absolute atomic E-state index is 0.0562. The normalized spacial score (nSPS) is 17.5. The van der Waals surface area contributed by atoms with Crippen LogP contribution in [0.5, 0.6) is 0 Å². The van der Waals surface area contributed by atoms with Gasteiger partial charge in [0.15, 0.2) is 0 Å². The van der Waals surface area contributed by atoms with Gasteiger partial charge >= 0.3 is 0 Å². The molecule has 7 heteroatoms. The zero-order valence-electron chi connectivity index (χ0n) is 16.7. The van der Waals surface area contributed by atoms with Crippen molar-refractivity contribution in [3.63, 3.8) is 0 Å². The molecule has 0 saturated carbocycles. The van der Waals surface area contributed by atoms with Crippen molar-refractivity contribution in [1.82, 2.24) is 14.8 Å². The molecule has 1 aliphatic heterocycles. The summed E-state index contributed by atoms with van der Waals surface area (Å²) in [7, 11) is 0. The molecule has 26 heavy (non-hydrogen) atoms. The summed E-state index contributed by atoms with van der Waals surface area (Å²) in [5.41, 5.74) is 6.64. The molecule has 148 valence electrons. The van der Waals surface area contributed by atoms with Gasteiger partial charge in [-0.1, -0.05) is 13.8 Å². The van der Waals surface area contributed by atoms with Gasteiger partial charge in [0.05, 0.1) is 11.1 Å². The second-order valence-corrected chi connectivity index (χ2v) is 7.92. The number of rotatable bonds is 9. The van der Waals surface area contributed by atoms with Gasteiger partial charge in [0.25, 0.3) is 0 Å². The standard InChI is InChI=1S/C19H34N4O2S/c1-5-19(6-2,14-20)18(24)23-10-8-22(9-11-23)12-16-13-26-17(21-16)15(4)25-7-3/h13,15H,5-12,14,20H2,1-4H3. The van der Waals surface area contributed by atoms with Crippen LogP contribution in [0.2, 0.25) is 0 Å². The third-order valence-corrected chi connectivity index (χ3v) is 6.63. The lowest BCUT2D eigenvalue weighted by Crippen LogP contribution is -2.54. The molecule has 6 nitrogen and oxygen atoms in total. The van der Waals surface area contributed by atoms with Crippen molar-refractivity contribution < 1.29 is 9.53 Å². The number of amides is 1. The number of hydrogen-bond acceptors (Lipinski definition) is 6. The SMILES string of the molecule is CCOC(C)c1nc(CN2CCN(C(=O)C(CC)(CC)CN)CC2)cs1. The number of carbonyl (C=O) groups excluding carboxylic acids is 1. The van der Waals surface area contributed by atoms with Crippen molar-refractivity contribution in [2.24, 2.45) is 11.1 Å². The highest BCUT2D eigenvalue weighted by Crippen LogP contribution is 2.28. The largest absolute Gasteiger partial charge is 0.372 e. The highest BCUT2D eigenvalue weighted by Gasteiger charge is 2.37. The third-order valence-electron chi connectivity index (χ3n) is 5.58. The first kappa shape index (κ1) is 21.3. The number of aromatic nitrogens is 1. The molecule has 1 saturated heterocycles. The maximum absolute atomic E-state index is 12.9. The molecular formula is C19H34N4O2S. The monoisotopic (exact) mass is 382 g/mol. The minimum Gasteiger partial charge on any atom is -0.372 e. The molecule has 1 amide bonds. The molecule has 0 radical (unpaired) electrons. The number of nitrogens with two attached hydrogens (primary N) is 1. The first-order valence-electron chi connectivity index (χ1n) is 9.77. The van der Waals surface area contributed by atoms with E-state index in [2.05, 4.69) is 24.1 Å². The van der Waals surface area contributed by atoms with Crippen molar-refractivity contribution >= 4 is 17.2 Å². The highest BCUT2D eigenvalue weighted by atomic mass is 32.1. The van der Waals surface area contributed by atoms with Crippen molar-refractivity contribution in [2.45, 2.75) is 53.2 Å². The number of nitrogens with zero attached hydrogens (tertiary/aromatic N) is 3. The fourth-order valence-corrected chi connectivity index (χ4v) is 4.32. The molecule has 1 aromatic rings. The van der Waals surface area contributed by atoms with E-state index in [9.17, 15) is 4.79 Å². The van der Waals surface area contributed by atoms with Crippen molar-refractivity contribution in [3.05, 3.63) is 16.1 Å². The Bertz CT molecular complexity index is 557. The predicted octanol–water partition coefficient (Wildman–Crippen LogP) is 2.65. The molecule has 1 aromatic heterocycles. The van der Waals surface area contributed by atoms with Crippen LogP contribution in [-0.4, -0.2) is 60.0 Å². The summed E-state index contributed by atoms with van der Waals surface area (Å²) < 4.78 is 5.62. The van der Waals surface area contributed by atoms with E-state index in [-0.39, 0.29) is 17.4 Å². The van der Waals surface area contributed by atoms with Gasteiger partial charge in [0.1, 0.15) is 11.1 Å². The quantitative estimate of drug-likeness (QED) is 0.711. The van der Waals surface area contributed by atoms with E-state index in [4.69, 9.17) is 15.5 Å². The van der Waals surface area contributed by atoms with E-state index in [1.807, 2.05) is 18.7 Å². The zero-order chi connectivity index (χ0) is 19.2. The van der Waals surface area contributed by atoms with Gasteiger partial charge in [0, 0.05) is 51.3 Å². The molecule has 0 aliphatic carbocycles. The molecule has 1 aliphatic rings. The van der Waals surface area contributed by atoms with Crippen LogP contribution >= 0.6 is 11.3 Å². The topological polar surface area (TPSA) is 71.7 Å². The molecule has 2 rings (SSSR count). The Morgan fingerprint density at radius 1 is 1.31 bits per heavy atom. The van der Waals surface area contributed by atoms with Crippen LogP contribution in [0.1, 0.15) is 57.3 Å². The second kappa shape index (κ2) is 9.78. The lowest BCUT2D eigenvalue weighted by atomic mass is 9.81. The number of carbonyl (C=O) groups is 1. The Morgan fingerprint density at radius 2 is 1.96 bits per heavy atom. The van der Waals surface area contributed by atoms with E-state index in [1.54, 1.807) is 11.3 Å². The van der Waals surface area contributed by atoms with Crippen LogP contribution in [0.3, 0.4) is 0 Å². The van der Waals surface area contributed by atoms with Crippen molar-refractivity contribution in [1.29, 1.82) is 0 Å². The van der Waals surface area contributed by atoms with E-state index >= 15 is 0 Å². The van der Waals surface area contributed by atoms with Crippen LogP contribution in [0.15, 0.2) is 5.38 Å². The fraction of sp³-hybridized carbons (Fsp3) is 0.789. The van der Waals surface area contributed by atoms with Crippen LogP contribution < -0.4 is 5.73 Å². The first-order chi connectivity index (χ1) is 12.5. The van der Waals surface area contributed by atoms with E-state index in [0.29, 0.717) is 13.2 Å². The Labute approximate surface area is 161 Å². The average molecular weight is 383 g/mol. The van der Waals surface area contributed by atoms with Crippen LogP contribution in [-0.2, 0) is 16.1 Å². The van der Waals surface area contributed by atoms with Gasteiger partial charge in [-0.15, -0.1) is 11.3 Å². The predicted molar refractivity (Wildman–Crippen MR) is 106 cm³/mol. The number of hydrogen-bond donors (Lipinski definition) is 1. The van der Waals surface area contributed by atoms with E-state index in [1.165, 1.54) is 0 Å². The summed E-state index contributed by atoms with van der Waals surface area (Å²) in [6.07, 6.45) is 1.66. The molecule has 0 aromatic carbocycles. The fourth-order valence-electron chi connectivity index (χ4n) is 3.51. The molecule has 2 N–H and O–H groups in total. The van der Waals surface area contributed by atoms with Gasteiger partial charge in [-0.3, -0.25) is 9.69 Å². The summed E-state index contributed by atoms with van der Waals surface area (Å²) in [5.74, 6) is 0.228. The van der Waals surface area contributed by atoms with Gasteiger partial charge in [0.2, 0.25) is 5.91 Å². The van der Waals surface area contributed by atoms with Gasteiger partial charge in [-0.2, -0.15) is 0 Å². The van der Waals surface area contributed by atoms with Crippen LogP contribution in [0, 0.1) is 5.41 Å². The first-order valence-corrected chi connectivity index (χ1v) is 10.6. The lowest BCUT2D eigenvalue weighted by molar-refractivity contribution is -0.144. The minimum atomic E-state index is -0.387. The average Bonchev–Trinajstić information content (AvgIpc) is 3.13. The Balaban J connectivity index is 1.88. The molecular weight excluding hydrogens is 348 g/mol. The molecule has 0 bridgehead atoms. The highest BCUT2D eigenvalue weighted by molar-refractivity contribution is 7.09. The summed E-state index contributed by atoms with van der Waals surface area (Å²) in [6, 6.07) is 0. The molecule has 2 heterocycles. The molecule has 1 fully saturated rings. The molecule has 0 spiro atoms. The Kier molecular flexibility index (Phi) is 8.01. The summed E-state index contributed by atoms with van der Waals surface area (Å²) in [6.45, 7) is 13.4. The summed E-state index contributed by atoms with van der Waals surface area (Å²) >= 11 is 1.66. The van der Waals surface area contributed by atoms with Gasteiger partial charge in [-0.05, 0) is 26.7 Å². The lowest BCUT2D eigenvalue weighted by Gasteiger charge is -2.40. The van der Waals surface area contributed by atoms with Crippen LogP contribution in [0.25, 0.3) is 0 Å².